The molecule has 1 fully saturated rings. The largest absolute Gasteiger partial charge is 0.489 e. The van der Waals surface area contributed by atoms with E-state index in [0.29, 0.717) is 32.8 Å². The molecule has 0 amide bonds. The maximum absolute atomic E-state index is 11.9. The monoisotopic (exact) mass is 326 g/mol. The van der Waals surface area contributed by atoms with E-state index in [0.717, 1.165) is 16.9 Å². The van der Waals surface area contributed by atoms with Crippen molar-refractivity contribution in [1.29, 1.82) is 0 Å². The summed E-state index contributed by atoms with van der Waals surface area (Å²) in [7, 11) is 0. The zero-order chi connectivity index (χ0) is 16.8. The minimum absolute atomic E-state index is 0.184. The number of esters is 1. The molecule has 24 heavy (non-hydrogen) atoms. The van der Waals surface area contributed by atoms with Crippen LogP contribution in [0.3, 0.4) is 0 Å². The van der Waals surface area contributed by atoms with Gasteiger partial charge >= 0.3 is 5.97 Å². The van der Waals surface area contributed by atoms with E-state index in [9.17, 15) is 4.79 Å². The number of rotatable bonds is 7. The molecule has 0 bridgehead atoms. The summed E-state index contributed by atoms with van der Waals surface area (Å²) in [6.45, 7) is 3.81. The average molecular weight is 326 g/mol. The summed E-state index contributed by atoms with van der Waals surface area (Å²) in [5.41, 5.74) is 1.89. The molecule has 1 aliphatic heterocycles. The van der Waals surface area contributed by atoms with E-state index >= 15 is 0 Å². The normalized spacial score (nSPS) is 15.4. The molecular formula is C20H22O4. The third-order valence-electron chi connectivity index (χ3n) is 4.24. The Bertz CT molecular complexity index is 677. The topological polar surface area (TPSA) is 44.8 Å². The highest BCUT2D eigenvalue weighted by molar-refractivity contribution is 5.72. The second kappa shape index (κ2) is 7.49. The molecule has 4 heteroatoms. The van der Waals surface area contributed by atoms with Gasteiger partial charge < -0.3 is 14.2 Å². The number of carbonyl (C=O) groups excluding carboxylic acids is 1. The quantitative estimate of drug-likeness (QED) is 0.731. The first-order valence-corrected chi connectivity index (χ1v) is 8.22. The van der Waals surface area contributed by atoms with Crippen molar-refractivity contribution in [2.45, 2.75) is 25.4 Å². The lowest BCUT2D eigenvalue weighted by Gasteiger charge is -2.41. The van der Waals surface area contributed by atoms with Crippen LogP contribution in [0.25, 0.3) is 0 Å². The Hall–Kier alpha value is -2.33. The lowest BCUT2D eigenvalue weighted by molar-refractivity contribution is -0.151. The highest BCUT2D eigenvalue weighted by atomic mass is 16.5. The average Bonchev–Trinajstić information content (AvgIpc) is 2.58. The van der Waals surface area contributed by atoms with Crippen molar-refractivity contribution in [3.05, 3.63) is 65.7 Å². The molecule has 1 saturated heterocycles. The number of hydrogen-bond donors (Lipinski definition) is 0. The lowest BCUT2D eigenvalue weighted by Crippen LogP contribution is -2.48. The van der Waals surface area contributed by atoms with E-state index in [1.54, 1.807) is 0 Å². The molecule has 0 aliphatic carbocycles. The van der Waals surface area contributed by atoms with Gasteiger partial charge in [-0.05, 0) is 30.2 Å². The molecular weight excluding hydrogens is 304 g/mol. The highest BCUT2D eigenvalue weighted by Crippen LogP contribution is 2.37. The van der Waals surface area contributed by atoms with Crippen LogP contribution in [-0.2, 0) is 26.3 Å². The minimum Gasteiger partial charge on any atom is -0.489 e. The molecule has 0 atom stereocenters. The van der Waals surface area contributed by atoms with Crippen LogP contribution in [0.15, 0.2) is 54.6 Å². The van der Waals surface area contributed by atoms with E-state index in [1.165, 1.54) is 0 Å². The fourth-order valence-electron chi connectivity index (χ4n) is 2.86. The predicted molar refractivity (Wildman–Crippen MR) is 91.0 cm³/mol. The third kappa shape index (κ3) is 3.77. The summed E-state index contributed by atoms with van der Waals surface area (Å²) in [4.78, 5) is 11.9. The van der Waals surface area contributed by atoms with Gasteiger partial charge in [0.1, 0.15) is 12.4 Å². The molecule has 1 heterocycles. The van der Waals surface area contributed by atoms with Gasteiger partial charge in [-0.2, -0.15) is 0 Å². The first-order chi connectivity index (χ1) is 11.7. The molecule has 2 aromatic rings. The molecule has 0 N–H and O–H groups in total. The second-order valence-corrected chi connectivity index (χ2v) is 6.06. The fraction of sp³-hybridized carbons (Fsp3) is 0.350. The SMILES string of the molecule is CCOC(=O)CC1(c2cccc(OCc3ccccc3)c2)COC1. The van der Waals surface area contributed by atoms with Crippen LogP contribution in [0.5, 0.6) is 5.75 Å². The number of ether oxygens (including phenoxy) is 3. The van der Waals surface area contributed by atoms with Crippen molar-refractivity contribution in [2.75, 3.05) is 19.8 Å². The standard InChI is InChI=1S/C20H22O4/c1-2-23-19(21)12-20(14-22-15-20)17-9-6-10-18(11-17)24-13-16-7-4-3-5-8-16/h3-11H,2,12-15H2,1H3. The Balaban J connectivity index is 1.70. The van der Waals surface area contributed by atoms with E-state index in [1.807, 2.05) is 61.5 Å². The molecule has 0 unspecified atom stereocenters. The number of benzene rings is 2. The predicted octanol–water partition coefficient (Wildman–Crippen LogP) is 3.49. The van der Waals surface area contributed by atoms with Crippen LogP contribution in [0.4, 0.5) is 0 Å². The van der Waals surface area contributed by atoms with Crippen LogP contribution >= 0.6 is 0 Å². The maximum atomic E-state index is 11.9. The zero-order valence-electron chi connectivity index (χ0n) is 13.9. The summed E-state index contributed by atoms with van der Waals surface area (Å²) in [5, 5.41) is 0. The van der Waals surface area contributed by atoms with Gasteiger partial charge in [0.25, 0.3) is 0 Å². The molecule has 0 spiro atoms. The maximum Gasteiger partial charge on any atom is 0.306 e. The molecule has 0 radical (unpaired) electrons. The fourth-order valence-corrected chi connectivity index (χ4v) is 2.86. The Labute approximate surface area is 142 Å². The molecule has 0 aromatic heterocycles. The lowest BCUT2D eigenvalue weighted by atomic mass is 9.76. The number of carbonyl (C=O) groups is 1. The molecule has 126 valence electrons. The Morgan fingerprint density at radius 1 is 1.12 bits per heavy atom. The van der Waals surface area contributed by atoms with Gasteiger partial charge in [-0.25, -0.2) is 0 Å². The first kappa shape index (κ1) is 16.5. The van der Waals surface area contributed by atoms with Gasteiger partial charge in [-0.15, -0.1) is 0 Å². The van der Waals surface area contributed by atoms with E-state index in [4.69, 9.17) is 14.2 Å². The van der Waals surface area contributed by atoms with Crippen LogP contribution in [0.1, 0.15) is 24.5 Å². The van der Waals surface area contributed by atoms with Gasteiger partial charge in [0.2, 0.25) is 0 Å². The van der Waals surface area contributed by atoms with Crippen LogP contribution in [-0.4, -0.2) is 25.8 Å². The summed E-state index contributed by atoms with van der Waals surface area (Å²) in [5.74, 6) is 0.614. The van der Waals surface area contributed by atoms with Gasteiger partial charge in [0.15, 0.2) is 0 Å². The van der Waals surface area contributed by atoms with Gasteiger partial charge in [-0.3, -0.25) is 4.79 Å². The summed E-state index contributed by atoms with van der Waals surface area (Å²) in [6.07, 6.45) is 0.336. The van der Waals surface area contributed by atoms with Crippen LogP contribution < -0.4 is 4.74 Å². The summed E-state index contributed by atoms with van der Waals surface area (Å²) < 4.78 is 16.4. The van der Waals surface area contributed by atoms with Crippen molar-refractivity contribution >= 4 is 5.97 Å². The van der Waals surface area contributed by atoms with Crippen LogP contribution in [0.2, 0.25) is 0 Å². The molecule has 4 nitrogen and oxygen atoms in total. The molecule has 2 aromatic carbocycles. The second-order valence-electron chi connectivity index (χ2n) is 6.06. The minimum atomic E-state index is -0.293. The van der Waals surface area contributed by atoms with Crippen molar-refractivity contribution in [1.82, 2.24) is 0 Å². The Morgan fingerprint density at radius 2 is 1.92 bits per heavy atom. The number of hydrogen-bond acceptors (Lipinski definition) is 4. The van der Waals surface area contributed by atoms with E-state index in [-0.39, 0.29) is 11.4 Å². The molecule has 3 rings (SSSR count). The smallest absolute Gasteiger partial charge is 0.306 e. The third-order valence-corrected chi connectivity index (χ3v) is 4.24. The first-order valence-electron chi connectivity index (χ1n) is 8.22. The Kier molecular flexibility index (Phi) is 5.16. The summed E-state index contributed by atoms with van der Waals surface area (Å²) in [6, 6.07) is 18.0. The zero-order valence-corrected chi connectivity index (χ0v) is 13.9. The van der Waals surface area contributed by atoms with Crippen LogP contribution in [0, 0.1) is 0 Å². The Morgan fingerprint density at radius 3 is 2.58 bits per heavy atom. The van der Waals surface area contributed by atoms with E-state index < -0.39 is 0 Å². The van der Waals surface area contributed by atoms with Crippen molar-refractivity contribution in [2.24, 2.45) is 0 Å². The molecule has 0 saturated carbocycles. The van der Waals surface area contributed by atoms with Crippen molar-refractivity contribution in [3.8, 4) is 5.75 Å². The van der Waals surface area contributed by atoms with Crippen molar-refractivity contribution < 1.29 is 19.0 Å². The highest BCUT2D eigenvalue weighted by Gasteiger charge is 2.42. The molecule has 1 aliphatic rings. The van der Waals surface area contributed by atoms with Gasteiger partial charge in [0.05, 0.1) is 31.7 Å². The van der Waals surface area contributed by atoms with Gasteiger partial charge in [-0.1, -0.05) is 42.5 Å². The van der Waals surface area contributed by atoms with E-state index in [2.05, 4.69) is 0 Å². The summed E-state index contributed by atoms with van der Waals surface area (Å²) >= 11 is 0. The van der Waals surface area contributed by atoms with Crippen molar-refractivity contribution in [3.63, 3.8) is 0 Å². The van der Waals surface area contributed by atoms with Gasteiger partial charge in [0, 0.05) is 0 Å².